The maximum Gasteiger partial charge on any atom is 0.150 e. The third kappa shape index (κ3) is 4.26. The summed E-state index contributed by atoms with van der Waals surface area (Å²) >= 11 is 4.77. The number of aldehydes is 1. The third-order valence-corrected chi connectivity index (χ3v) is 3.07. The molecule has 1 rings (SSSR count). The zero-order valence-corrected chi connectivity index (χ0v) is 12.6. The van der Waals surface area contributed by atoms with Crippen LogP contribution in [0.3, 0.4) is 0 Å². The van der Waals surface area contributed by atoms with E-state index in [0.717, 1.165) is 33.8 Å². The second-order valence-electron chi connectivity index (χ2n) is 3.07. The molecule has 0 spiro atoms. The fraction of sp³-hybridized carbons (Fsp3) is 0.364. The Labute approximate surface area is 118 Å². The van der Waals surface area contributed by atoms with Gasteiger partial charge in [-0.2, -0.15) is 0 Å². The van der Waals surface area contributed by atoms with E-state index in [-0.39, 0.29) is 0 Å². The van der Waals surface area contributed by atoms with Gasteiger partial charge >= 0.3 is 0 Å². The Hall–Kier alpha value is 0.150. The van der Waals surface area contributed by atoms with E-state index in [1.807, 2.05) is 24.3 Å². The third-order valence-electron chi connectivity index (χ3n) is 2.10. The van der Waals surface area contributed by atoms with E-state index in [1.54, 1.807) is 0 Å². The molecule has 0 heterocycles. The molecule has 0 aromatic heterocycles. The molecular formula is C11H13I2NO. The maximum absolute atomic E-state index is 10.5. The summed E-state index contributed by atoms with van der Waals surface area (Å²) in [7, 11) is 0. The molecule has 0 aliphatic rings. The first-order chi connectivity index (χ1) is 7.31. The number of benzene rings is 1. The lowest BCUT2D eigenvalue weighted by molar-refractivity contribution is 0.112. The summed E-state index contributed by atoms with van der Waals surface area (Å²) in [5, 5.41) is 0. The standard InChI is InChI=1S/C11H13I2NO/c12-5-7-14(8-6-13)11-3-1-10(9-15)2-4-11/h1-4,9H,5-8H2. The van der Waals surface area contributed by atoms with Gasteiger partial charge in [0.15, 0.2) is 0 Å². The van der Waals surface area contributed by atoms with Crippen LogP contribution in [-0.2, 0) is 0 Å². The van der Waals surface area contributed by atoms with Crippen molar-refractivity contribution in [2.24, 2.45) is 0 Å². The van der Waals surface area contributed by atoms with Crippen molar-refractivity contribution in [2.45, 2.75) is 0 Å². The summed E-state index contributed by atoms with van der Waals surface area (Å²) in [4.78, 5) is 12.9. The Morgan fingerprint density at radius 2 is 1.60 bits per heavy atom. The van der Waals surface area contributed by atoms with Gasteiger partial charge in [-0.1, -0.05) is 45.2 Å². The van der Waals surface area contributed by atoms with Crippen LogP contribution in [0.1, 0.15) is 10.4 Å². The van der Waals surface area contributed by atoms with Gasteiger partial charge in [0.05, 0.1) is 0 Å². The number of anilines is 1. The van der Waals surface area contributed by atoms with Crippen LogP contribution in [0.4, 0.5) is 5.69 Å². The van der Waals surface area contributed by atoms with Gasteiger partial charge in [-0.25, -0.2) is 0 Å². The lowest BCUT2D eigenvalue weighted by Gasteiger charge is -2.22. The Kier molecular flexibility index (Phi) is 6.54. The number of rotatable bonds is 6. The number of alkyl halides is 2. The molecule has 1 aromatic rings. The summed E-state index contributed by atoms with van der Waals surface area (Å²) in [6.07, 6.45) is 0.880. The van der Waals surface area contributed by atoms with E-state index in [2.05, 4.69) is 50.1 Å². The van der Waals surface area contributed by atoms with Crippen LogP contribution in [0.25, 0.3) is 0 Å². The van der Waals surface area contributed by atoms with Crippen molar-refractivity contribution in [3.63, 3.8) is 0 Å². The Morgan fingerprint density at radius 1 is 1.07 bits per heavy atom. The second kappa shape index (κ2) is 7.43. The molecule has 0 saturated carbocycles. The van der Waals surface area contributed by atoms with Crippen LogP contribution in [0.5, 0.6) is 0 Å². The van der Waals surface area contributed by atoms with Gasteiger partial charge in [0.2, 0.25) is 0 Å². The van der Waals surface area contributed by atoms with E-state index in [0.29, 0.717) is 0 Å². The van der Waals surface area contributed by atoms with Crippen LogP contribution >= 0.6 is 45.2 Å². The highest BCUT2D eigenvalue weighted by molar-refractivity contribution is 14.1. The monoisotopic (exact) mass is 429 g/mol. The highest BCUT2D eigenvalue weighted by Crippen LogP contribution is 2.15. The molecule has 0 aliphatic heterocycles. The molecule has 4 heteroatoms. The SMILES string of the molecule is O=Cc1ccc(N(CCI)CCI)cc1. The molecule has 2 nitrogen and oxygen atoms in total. The molecule has 1 aromatic carbocycles. The average molecular weight is 429 g/mol. The largest absolute Gasteiger partial charge is 0.370 e. The molecule has 0 aliphatic carbocycles. The van der Waals surface area contributed by atoms with Crippen LogP contribution < -0.4 is 4.90 Å². The predicted octanol–water partition coefficient (Wildman–Crippen LogP) is 3.18. The van der Waals surface area contributed by atoms with Crippen molar-refractivity contribution in [3.8, 4) is 0 Å². The molecule has 0 bridgehead atoms. The van der Waals surface area contributed by atoms with Gasteiger partial charge in [0.25, 0.3) is 0 Å². The van der Waals surface area contributed by atoms with Gasteiger partial charge in [0.1, 0.15) is 6.29 Å². The smallest absolute Gasteiger partial charge is 0.150 e. The predicted molar refractivity (Wildman–Crippen MR) is 81.8 cm³/mol. The van der Waals surface area contributed by atoms with Crippen molar-refractivity contribution >= 4 is 57.2 Å². The summed E-state index contributed by atoms with van der Waals surface area (Å²) in [6.45, 7) is 2.12. The molecule has 0 unspecified atom stereocenters. The molecule has 0 atom stereocenters. The summed E-state index contributed by atoms with van der Waals surface area (Å²) in [5.41, 5.74) is 1.94. The molecule has 0 radical (unpaired) electrons. The van der Waals surface area contributed by atoms with Crippen LogP contribution in [0.2, 0.25) is 0 Å². The van der Waals surface area contributed by atoms with E-state index >= 15 is 0 Å². The molecule has 0 saturated heterocycles. The maximum atomic E-state index is 10.5. The minimum absolute atomic E-state index is 0.739. The highest BCUT2D eigenvalue weighted by atomic mass is 127. The topological polar surface area (TPSA) is 20.3 Å². The molecule has 0 amide bonds. The lowest BCUT2D eigenvalue weighted by atomic mass is 10.2. The normalized spacial score (nSPS) is 10.0. The number of carbonyl (C=O) groups excluding carboxylic acids is 1. The average Bonchev–Trinajstić information content (AvgIpc) is 2.29. The molecule has 0 fully saturated rings. The number of hydrogen-bond acceptors (Lipinski definition) is 2. The first-order valence-corrected chi connectivity index (χ1v) is 7.79. The van der Waals surface area contributed by atoms with Crippen molar-refractivity contribution in [1.29, 1.82) is 0 Å². The van der Waals surface area contributed by atoms with Crippen molar-refractivity contribution in [3.05, 3.63) is 29.8 Å². The van der Waals surface area contributed by atoms with E-state index in [1.165, 1.54) is 5.69 Å². The molecule has 15 heavy (non-hydrogen) atoms. The lowest BCUT2D eigenvalue weighted by Crippen LogP contribution is -2.27. The van der Waals surface area contributed by atoms with Gasteiger partial charge in [-0.3, -0.25) is 4.79 Å². The number of nitrogens with zero attached hydrogens (tertiary/aromatic N) is 1. The highest BCUT2D eigenvalue weighted by Gasteiger charge is 2.04. The minimum atomic E-state index is 0.739. The van der Waals surface area contributed by atoms with Crippen molar-refractivity contribution < 1.29 is 4.79 Å². The van der Waals surface area contributed by atoms with Gasteiger partial charge in [0, 0.05) is 33.2 Å². The van der Waals surface area contributed by atoms with Gasteiger partial charge in [-0.15, -0.1) is 0 Å². The fourth-order valence-electron chi connectivity index (χ4n) is 1.34. The summed E-state index contributed by atoms with van der Waals surface area (Å²) < 4.78 is 2.23. The van der Waals surface area contributed by atoms with Gasteiger partial charge < -0.3 is 4.90 Å². The number of halogens is 2. The Balaban J connectivity index is 2.76. The first-order valence-electron chi connectivity index (χ1n) is 4.74. The Morgan fingerprint density at radius 3 is 2.00 bits per heavy atom. The first kappa shape index (κ1) is 13.2. The molecule has 0 N–H and O–H groups in total. The number of carbonyl (C=O) groups is 1. The summed E-state index contributed by atoms with van der Waals surface area (Å²) in [6, 6.07) is 7.77. The van der Waals surface area contributed by atoms with E-state index in [4.69, 9.17) is 0 Å². The van der Waals surface area contributed by atoms with Crippen LogP contribution in [-0.4, -0.2) is 28.2 Å². The summed E-state index contributed by atoms with van der Waals surface area (Å²) in [5.74, 6) is 0. The van der Waals surface area contributed by atoms with Crippen molar-refractivity contribution in [1.82, 2.24) is 0 Å². The zero-order chi connectivity index (χ0) is 11.1. The van der Waals surface area contributed by atoms with E-state index in [9.17, 15) is 4.79 Å². The van der Waals surface area contributed by atoms with E-state index < -0.39 is 0 Å². The minimum Gasteiger partial charge on any atom is -0.370 e. The number of hydrogen-bond donors (Lipinski definition) is 0. The van der Waals surface area contributed by atoms with Crippen LogP contribution in [0.15, 0.2) is 24.3 Å². The molecular weight excluding hydrogens is 416 g/mol. The fourth-order valence-corrected chi connectivity index (χ4v) is 2.50. The van der Waals surface area contributed by atoms with Gasteiger partial charge in [-0.05, 0) is 24.3 Å². The Bertz CT molecular complexity index is 294. The second-order valence-corrected chi connectivity index (χ2v) is 5.23. The quantitative estimate of drug-likeness (QED) is 0.394. The molecule has 82 valence electrons. The van der Waals surface area contributed by atoms with Crippen LogP contribution in [0, 0.1) is 0 Å². The zero-order valence-electron chi connectivity index (χ0n) is 8.33. The van der Waals surface area contributed by atoms with Crippen molar-refractivity contribution in [2.75, 3.05) is 26.8 Å².